The molecule has 2 aromatic carbocycles. The summed E-state index contributed by atoms with van der Waals surface area (Å²) in [5.74, 6) is 0.446. The fourth-order valence-corrected chi connectivity index (χ4v) is 4.02. The molecule has 1 unspecified atom stereocenters. The van der Waals surface area contributed by atoms with Gasteiger partial charge in [0.25, 0.3) is 0 Å². The van der Waals surface area contributed by atoms with Gasteiger partial charge in [-0.25, -0.2) is 9.59 Å². The van der Waals surface area contributed by atoms with Crippen molar-refractivity contribution in [1.82, 2.24) is 4.90 Å². The Labute approximate surface area is 241 Å². The van der Waals surface area contributed by atoms with Gasteiger partial charge >= 0.3 is 12.1 Å². The molecule has 1 aliphatic heterocycles. The number of nitrogens with two attached hydrogens (primary N) is 1. The predicted molar refractivity (Wildman–Crippen MR) is 154 cm³/mol. The zero-order valence-electron chi connectivity index (χ0n) is 24.7. The Balaban J connectivity index is 0.000000642. The van der Waals surface area contributed by atoms with Crippen LogP contribution in [0.4, 0.5) is 10.5 Å². The first-order chi connectivity index (χ1) is 19.4. The molecule has 224 valence electrons. The van der Waals surface area contributed by atoms with E-state index in [0.717, 1.165) is 24.0 Å². The van der Waals surface area contributed by atoms with Crippen LogP contribution in [0.1, 0.15) is 58.1 Å². The quantitative estimate of drug-likeness (QED) is 0.426. The lowest BCUT2D eigenvalue weighted by Crippen LogP contribution is -2.50. The average molecular weight is 572 g/mol. The highest BCUT2D eigenvalue weighted by Gasteiger charge is 2.34. The second kappa shape index (κ2) is 15.5. The highest BCUT2D eigenvalue weighted by Crippen LogP contribution is 2.29. The molecule has 2 aromatic rings. The smallest absolute Gasteiger partial charge is 0.405 e. The summed E-state index contributed by atoms with van der Waals surface area (Å²) in [6, 6.07) is 11.9. The number of hydrogen-bond acceptors (Lipinski definition) is 8. The van der Waals surface area contributed by atoms with E-state index in [9.17, 15) is 19.2 Å². The topological polar surface area (TPSA) is 146 Å². The minimum absolute atomic E-state index is 0.0572. The highest BCUT2D eigenvalue weighted by atomic mass is 16.6. The van der Waals surface area contributed by atoms with E-state index in [1.54, 1.807) is 63.1 Å². The molecule has 0 radical (unpaired) electrons. The van der Waals surface area contributed by atoms with E-state index in [1.165, 1.54) is 7.11 Å². The standard InChI is InChI=1S/C25H30N2O6.C5H11NO2/c1-4-5-6-23(28)27-15-18-13-21(33-16-24(29)32-3)10-7-17(18)14-22(27)25(30)26-19-8-11-20(31-2)12-9-19;1-5(2,3)8-4(6)7/h7-13,22H,4-6,14-16H2,1-3H3,(H,26,30);1-3H3,(H2,6,7). The van der Waals surface area contributed by atoms with Crippen molar-refractivity contribution in [1.29, 1.82) is 0 Å². The number of nitrogens with zero attached hydrogens (tertiary/aromatic N) is 1. The number of nitrogens with one attached hydrogen (secondary N) is 1. The van der Waals surface area contributed by atoms with Crippen LogP contribution in [0.2, 0.25) is 0 Å². The molecule has 0 saturated carbocycles. The molecule has 1 heterocycles. The van der Waals surface area contributed by atoms with Crippen LogP contribution in [-0.4, -0.2) is 61.2 Å². The Morgan fingerprint density at radius 2 is 1.66 bits per heavy atom. The van der Waals surface area contributed by atoms with Crippen molar-refractivity contribution in [3.8, 4) is 11.5 Å². The van der Waals surface area contributed by atoms with E-state index < -0.39 is 23.7 Å². The molecule has 3 N–H and O–H groups in total. The summed E-state index contributed by atoms with van der Waals surface area (Å²) in [4.78, 5) is 49.2. The van der Waals surface area contributed by atoms with Crippen LogP contribution in [0.5, 0.6) is 11.5 Å². The number of carbonyl (C=O) groups is 4. The third kappa shape index (κ3) is 11.0. The molecule has 0 aliphatic carbocycles. The molecule has 0 fully saturated rings. The summed E-state index contributed by atoms with van der Waals surface area (Å²) in [6.07, 6.45) is 1.71. The van der Waals surface area contributed by atoms with E-state index >= 15 is 0 Å². The largest absolute Gasteiger partial charge is 0.497 e. The zero-order chi connectivity index (χ0) is 30.6. The molecule has 3 rings (SSSR count). The number of unbranched alkanes of at least 4 members (excludes halogenated alkanes) is 1. The fourth-order valence-electron chi connectivity index (χ4n) is 4.02. The summed E-state index contributed by atoms with van der Waals surface area (Å²) in [7, 11) is 2.88. The normalized spacial score (nSPS) is 14.0. The van der Waals surface area contributed by atoms with Crippen molar-refractivity contribution >= 4 is 29.6 Å². The first-order valence-corrected chi connectivity index (χ1v) is 13.4. The Kier molecular flexibility index (Phi) is 12.4. The lowest BCUT2D eigenvalue weighted by atomic mass is 9.92. The number of rotatable bonds is 9. The van der Waals surface area contributed by atoms with Crippen molar-refractivity contribution in [3.05, 3.63) is 53.6 Å². The predicted octanol–water partition coefficient (Wildman–Crippen LogP) is 4.21. The number of esters is 1. The maximum atomic E-state index is 13.2. The number of ether oxygens (including phenoxy) is 4. The third-order valence-corrected chi connectivity index (χ3v) is 6.02. The van der Waals surface area contributed by atoms with Gasteiger partial charge in [-0.2, -0.15) is 0 Å². The Morgan fingerprint density at radius 1 is 1.00 bits per heavy atom. The maximum absolute atomic E-state index is 13.2. The molecule has 11 nitrogen and oxygen atoms in total. The molecular formula is C30H41N3O8. The Morgan fingerprint density at radius 3 is 2.20 bits per heavy atom. The van der Waals surface area contributed by atoms with Gasteiger partial charge in [0, 0.05) is 25.1 Å². The van der Waals surface area contributed by atoms with E-state index in [0.29, 0.717) is 36.6 Å². The molecule has 0 spiro atoms. The Hall–Kier alpha value is -4.28. The summed E-state index contributed by atoms with van der Waals surface area (Å²) < 4.78 is 19.8. The van der Waals surface area contributed by atoms with Gasteiger partial charge in [0.1, 0.15) is 23.1 Å². The van der Waals surface area contributed by atoms with E-state index in [1.807, 2.05) is 19.1 Å². The van der Waals surface area contributed by atoms with Gasteiger partial charge in [-0.15, -0.1) is 0 Å². The van der Waals surface area contributed by atoms with Crippen LogP contribution in [0.15, 0.2) is 42.5 Å². The van der Waals surface area contributed by atoms with Gasteiger partial charge < -0.3 is 34.9 Å². The van der Waals surface area contributed by atoms with Crippen LogP contribution in [0.25, 0.3) is 0 Å². The van der Waals surface area contributed by atoms with E-state index in [-0.39, 0.29) is 18.4 Å². The van der Waals surface area contributed by atoms with Crippen LogP contribution in [0, 0.1) is 0 Å². The number of benzene rings is 2. The van der Waals surface area contributed by atoms with Crippen LogP contribution >= 0.6 is 0 Å². The summed E-state index contributed by atoms with van der Waals surface area (Å²) >= 11 is 0. The van der Waals surface area contributed by atoms with Crippen LogP contribution in [0.3, 0.4) is 0 Å². The number of anilines is 1. The van der Waals surface area contributed by atoms with Crippen LogP contribution in [-0.2, 0) is 36.8 Å². The SMILES string of the molecule is CC(C)(C)OC(N)=O.CCCCC(=O)N1Cc2cc(OCC(=O)OC)ccc2CC1C(=O)Nc1ccc(OC)cc1. The van der Waals surface area contributed by atoms with Crippen molar-refractivity contribution in [2.45, 2.75) is 71.6 Å². The lowest BCUT2D eigenvalue weighted by molar-refractivity contribution is -0.142. The zero-order valence-corrected chi connectivity index (χ0v) is 24.7. The summed E-state index contributed by atoms with van der Waals surface area (Å²) in [5, 5.41) is 2.92. The molecule has 0 bridgehead atoms. The van der Waals surface area contributed by atoms with Crippen molar-refractivity contribution in [3.63, 3.8) is 0 Å². The first-order valence-electron chi connectivity index (χ1n) is 13.4. The van der Waals surface area contributed by atoms with Gasteiger partial charge in [-0.3, -0.25) is 9.59 Å². The van der Waals surface area contributed by atoms with Gasteiger partial charge in [0.2, 0.25) is 11.8 Å². The third-order valence-electron chi connectivity index (χ3n) is 6.02. The summed E-state index contributed by atoms with van der Waals surface area (Å²) in [5.41, 5.74) is 6.77. The number of hydrogen-bond donors (Lipinski definition) is 2. The molecule has 0 saturated heterocycles. The first kappa shape index (κ1) is 32.9. The number of primary amides is 1. The summed E-state index contributed by atoms with van der Waals surface area (Å²) in [6.45, 7) is 7.42. The highest BCUT2D eigenvalue weighted by molar-refractivity contribution is 5.97. The van der Waals surface area contributed by atoms with E-state index in [2.05, 4.69) is 14.8 Å². The van der Waals surface area contributed by atoms with Crippen LogP contribution < -0.4 is 20.5 Å². The molecule has 3 amide bonds. The van der Waals surface area contributed by atoms with Crippen molar-refractivity contribution in [2.75, 3.05) is 26.1 Å². The van der Waals surface area contributed by atoms with Gasteiger partial charge in [-0.1, -0.05) is 19.4 Å². The molecule has 1 aliphatic rings. The average Bonchev–Trinajstić information content (AvgIpc) is 2.93. The second-order valence-electron chi connectivity index (χ2n) is 10.4. The van der Waals surface area contributed by atoms with Gasteiger partial charge in [-0.05, 0) is 74.7 Å². The van der Waals surface area contributed by atoms with Gasteiger partial charge in [0.15, 0.2) is 6.61 Å². The second-order valence-corrected chi connectivity index (χ2v) is 10.4. The molecule has 0 aromatic heterocycles. The lowest BCUT2D eigenvalue weighted by Gasteiger charge is -2.36. The van der Waals surface area contributed by atoms with E-state index in [4.69, 9.17) is 15.2 Å². The minimum Gasteiger partial charge on any atom is -0.497 e. The van der Waals surface area contributed by atoms with Gasteiger partial charge in [0.05, 0.1) is 14.2 Å². The van der Waals surface area contributed by atoms with Crippen molar-refractivity contribution in [2.24, 2.45) is 5.73 Å². The monoisotopic (exact) mass is 571 g/mol. The maximum Gasteiger partial charge on any atom is 0.405 e. The number of fused-ring (bicyclic) bond motifs is 1. The molecule has 41 heavy (non-hydrogen) atoms. The number of carbonyl (C=O) groups excluding carboxylic acids is 4. The molecule has 1 atom stereocenters. The fraction of sp³-hybridized carbons (Fsp3) is 0.467. The molecule has 11 heteroatoms. The van der Waals surface area contributed by atoms with Crippen molar-refractivity contribution < 1.29 is 38.1 Å². The minimum atomic E-state index is -0.725. The number of methoxy groups -OCH3 is 2. The molecular weight excluding hydrogens is 530 g/mol. The number of amides is 3. The Bertz CT molecular complexity index is 1190.